The summed E-state index contributed by atoms with van der Waals surface area (Å²) in [4.78, 5) is 10.2. The molecule has 1 N–H and O–H groups in total. The Bertz CT molecular complexity index is 580. The third kappa shape index (κ3) is 3.46. The molecule has 0 saturated heterocycles. The van der Waals surface area contributed by atoms with E-state index in [0.717, 1.165) is 29.4 Å². The average Bonchev–Trinajstić information content (AvgIpc) is 2.77. The maximum atomic E-state index is 5.29. The van der Waals surface area contributed by atoms with Crippen LogP contribution in [0.5, 0.6) is 0 Å². The van der Waals surface area contributed by atoms with Crippen LogP contribution in [0.3, 0.4) is 0 Å². The lowest BCUT2D eigenvalue weighted by atomic mass is 10.0. The number of hydrogen-bond acceptors (Lipinski definition) is 5. The predicted octanol–water partition coefficient (Wildman–Crippen LogP) is 3.65. The molecule has 2 heterocycles. The summed E-state index contributed by atoms with van der Waals surface area (Å²) in [6.07, 6.45) is 1.22. The molecule has 20 heavy (non-hydrogen) atoms. The highest BCUT2D eigenvalue weighted by atomic mass is 32.1. The normalized spacial score (nSPS) is 13.1. The van der Waals surface area contributed by atoms with Crippen LogP contribution in [0, 0.1) is 12.8 Å². The van der Waals surface area contributed by atoms with Gasteiger partial charge in [-0.15, -0.1) is 11.3 Å². The molecule has 2 aromatic rings. The summed E-state index contributed by atoms with van der Waals surface area (Å²) in [7, 11) is 1.72. The number of nitrogens with one attached hydrogen (secondary N) is 1. The van der Waals surface area contributed by atoms with Crippen molar-refractivity contribution in [2.45, 2.75) is 40.2 Å². The van der Waals surface area contributed by atoms with Crippen LogP contribution < -0.4 is 5.32 Å². The van der Waals surface area contributed by atoms with E-state index < -0.39 is 0 Å². The Balaban J connectivity index is 2.37. The first-order valence-electron chi connectivity index (χ1n) is 7.02. The first kappa shape index (κ1) is 15.2. The molecule has 4 nitrogen and oxygen atoms in total. The highest BCUT2D eigenvalue weighted by Gasteiger charge is 2.14. The van der Waals surface area contributed by atoms with Gasteiger partial charge in [-0.05, 0) is 37.1 Å². The Labute approximate surface area is 124 Å². The number of fused-ring (bicyclic) bond motifs is 1. The van der Waals surface area contributed by atoms with Crippen LogP contribution >= 0.6 is 11.3 Å². The minimum Gasteiger partial charge on any atom is -0.380 e. The molecule has 0 saturated carbocycles. The van der Waals surface area contributed by atoms with Gasteiger partial charge in [0.2, 0.25) is 0 Å². The summed E-state index contributed by atoms with van der Waals surface area (Å²) in [5.41, 5.74) is 1.34. The lowest BCUT2D eigenvalue weighted by Crippen LogP contribution is -2.19. The fourth-order valence-corrected chi connectivity index (χ4v) is 3.15. The molecule has 5 heteroatoms. The van der Waals surface area contributed by atoms with Crippen molar-refractivity contribution in [3.63, 3.8) is 0 Å². The predicted molar refractivity (Wildman–Crippen MR) is 85.7 cm³/mol. The zero-order valence-electron chi connectivity index (χ0n) is 12.9. The molecular formula is C15H23N3OS. The van der Waals surface area contributed by atoms with E-state index in [-0.39, 0.29) is 6.10 Å². The van der Waals surface area contributed by atoms with Crippen molar-refractivity contribution in [2.75, 3.05) is 19.0 Å². The van der Waals surface area contributed by atoms with Gasteiger partial charge in [-0.3, -0.25) is 0 Å². The quantitative estimate of drug-likeness (QED) is 0.883. The Morgan fingerprint density at radius 3 is 2.70 bits per heavy atom. The number of nitrogens with zero attached hydrogens (tertiary/aromatic N) is 2. The summed E-state index contributed by atoms with van der Waals surface area (Å²) in [6, 6.07) is 0. The number of aryl methyl sites for hydroxylation is 1. The number of rotatable bonds is 6. The third-order valence-electron chi connectivity index (χ3n) is 3.21. The number of thiophene rings is 1. The number of methoxy groups -OCH3 is 1. The molecule has 0 amide bonds. The fourth-order valence-electron chi connectivity index (χ4n) is 2.15. The highest BCUT2D eigenvalue weighted by Crippen LogP contribution is 2.31. The molecule has 2 aromatic heterocycles. The van der Waals surface area contributed by atoms with E-state index in [4.69, 9.17) is 4.74 Å². The molecule has 110 valence electrons. The van der Waals surface area contributed by atoms with E-state index in [2.05, 4.69) is 34.5 Å². The molecular weight excluding hydrogens is 270 g/mol. The second-order valence-electron chi connectivity index (χ2n) is 5.59. The maximum Gasteiger partial charge on any atom is 0.138 e. The first-order valence-corrected chi connectivity index (χ1v) is 7.90. The number of aromatic nitrogens is 2. The molecule has 0 spiro atoms. The first-order chi connectivity index (χ1) is 9.51. The van der Waals surface area contributed by atoms with Gasteiger partial charge in [-0.1, -0.05) is 13.8 Å². The smallest absolute Gasteiger partial charge is 0.138 e. The van der Waals surface area contributed by atoms with E-state index >= 15 is 0 Å². The van der Waals surface area contributed by atoms with Crippen LogP contribution in [0.25, 0.3) is 10.2 Å². The second-order valence-corrected chi connectivity index (χ2v) is 6.44. The van der Waals surface area contributed by atoms with Gasteiger partial charge in [0.1, 0.15) is 16.5 Å². The molecule has 0 bridgehead atoms. The zero-order valence-corrected chi connectivity index (χ0v) is 13.7. The molecule has 1 unspecified atom stereocenters. The van der Waals surface area contributed by atoms with Crippen molar-refractivity contribution in [3.05, 3.63) is 16.8 Å². The Kier molecular flexibility index (Phi) is 4.94. The number of ether oxygens (including phenoxy) is 1. The van der Waals surface area contributed by atoms with Gasteiger partial charge in [0, 0.05) is 13.7 Å². The van der Waals surface area contributed by atoms with Crippen LogP contribution in [0.4, 0.5) is 5.82 Å². The Morgan fingerprint density at radius 2 is 2.05 bits per heavy atom. The van der Waals surface area contributed by atoms with Gasteiger partial charge in [0.15, 0.2) is 0 Å². The monoisotopic (exact) mass is 293 g/mol. The second kappa shape index (κ2) is 6.50. The van der Waals surface area contributed by atoms with Crippen molar-refractivity contribution in [1.82, 2.24) is 9.97 Å². The maximum absolute atomic E-state index is 5.29. The largest absolute Gasteiger partial charge is 0.380 e. The lowest BCUT2D eigenvalue weighted by molar-refractivity contribution is 0.128. The zero-order chi connectivity index (χ0) is 14.7. The van der Waals surface area contributed by atoms with E-state index in [0.29, 0.717) is 5.92 Å². The summed E-state index contributed by atoms with van der Waals surface area (Å²) < 4.78 is 5.29. The molecule has 0 aliphatic carbocycles. The molecule has 0 radical (unpaired) electrons. The summed E-state index contributed by atoms with van der Waals surface area (Å²) in [5.74, 6) is 2.37. The average molecular weight is 293 g/mol. The van der Waals surface area contributed by atoms with Gasteiger partial charge in [0.25, 0.3) is 0 Å². The minimum atomic E-state index is 0.160. The van der Waals surface area contributed by atoms with Gasteiger partial charge in [0.05, 0.1) is 11.5 Å². The standard InChI is InChI=1S/C15H23N3OS/c1-9(2)6-12-8-20-15-13(12)14(17-11(4)18-15)16-7-10(3)19-5/h8-10H,6-7H2,1-5H3,(H,16,17,18). The molecule has 0 aliphatic rings. The molecule has 2 rings (SSSR count). The summed E-state index contributed by atoms with van der Waals surface area (Å²) >= 11 is 1.70. The van der Waals surface area contributed by atoms with Crippen LogP contribution in [-0.4, -0.2) is 29.7 Å². The minimum absolute atomic E-state index is 0.160. The van der Waals surface area contributed by atoms with Crippen LogP contribution in [0.15, 0.2) is 5.38 Å². The van der Waals surface area contributed by atoms with Gasteiger partial charge >= 0.3 is 0 Å². The number of anilines is 1. The third-order valence-corrected chi connectivity index (χ3v) is 4.13. The van der Waals surface area contributed by atoms with E-state index in [1.165, 1.54) is 10.9 Å². The highest BCUT2D eigenvalue weighted by molar-refractivity contribution is 7.17. The molecule has 0 fully saturated rings. The van der Waals surface area contributed by atoms with Gasteiger partial charge < -0.3 is 10.1 Å². The fraction of sp³-hybridized carbons (Fsp3) is 0.600. The SMILES string of the molecule is COC(C)CNc1nc(C)nc2scc(CC(C)C)c12. The van der Waals surface area contributed by atoms with E-state index in [9.17, 15) is 0 Å². The topological polar surface area (TPSA) is 47.0 Å². The van der Waals surface area contributed by atoms with Crippen LogP contribution in [-0.2, 0) is 11.2 Å². The van der Waals surface area contributed by atoms with Crippen LogP contribution in [0.1, 0.15) is 32.2 Å². The Morgan fingerprint density at radius 1 is 1.30 bits per heavy atom. The van der Waals surface area contributed by atoms with Gasteiger partial charge in [-0.2, -0.15) is 0 Å². The van der Waals surface area contributed by atoms with Crippen molar-refractivity contribution in [1.29, 1.82) is 0 Å². The number of hydrogen-bond donors (Lipinski definition) is 1. The van der Waals surface area contributed by atoms with Crippen molar-refractivity contribution < 1.29 is 4.74 Å². The van der Waals surface area contributed by atoms with E-state index in [1.54, 1.807) is 18.4 Å². The van der Waals surface area contributed by atoms with Crippen LogP contribution in [0.2, 0.25) is 0 Å². The van der Waals surface area contributed by atoms with Gasteiger partial charge in [-0.25, -0.2) is 9.97 Å². The molecule has 1 atom stereocenters. The summed E-state index contributed by atoms with van der Waals surface area (Å²) in [5, 5.41) is 6.80. The molecule has 0 aliphatic heterocycles. The van der Waals surface area contributed by atoms with Crippen molar-refractivity contribution in [3.8, 4) is 0 Å². The lowest BCUT2D eigenvalue weighted by Gasteiger charge is -2.13. The van der Waals surface area contributed by atoms with E-state index in [1.807, 2.05) is 13.8 Å². The molecule has 0 aromatic carbocycles. The Hall–Kier alpha value is -1.20. The van der Waals surface area contributed by atoms with Crippen molar-refractivity contribution in [2.24, 2.45) is 5.92 Å². The van der Waals surface area contributed by atoms with Crippen molar-refractivity contribution >= 4 is 27.4 Å². The summed E-state index contributed by atoms with van der Waals surface area (Å²) in [6.45, 7) is 9.20.